The first-order valence-corrected chi connectivity index (χ1v) is 7.93. The lowest BCUT2D eigenvalue weighted by Crippen LogP contribution is -2.39. The minimum Gasteiger partial charge on any atom is -0.491 e. The van der Waals surface area contributed by atoms with Crippen molar-refractivity contribution in [3.05, 3.63) is 24.3 Å². The Kier molecular flexibility index (Phi) is 5.90. The third-order valence-electron chi connectivity index (χ3n) is 3.65. The number of rotatable bonds is 6. The van der Waals surface area contributed by atoms with E-state index in [1.54, 1.807) is 0 Å². The van der Waals surface area contributed by atoms with Crippen molar-refractivity contribution >= 4 is 11.6 Å². The van der Waals surface area contributed by atoms with Crippen LogP contribution < -0.4 is 15.4 Å². The van der Waals surface area contributed by atoms with E-state index in [1.807, 2.05) is 38.1 Å². The Morgan fingerprint density at radius 1 is 1.19 bits per heavy atom. The van der Waals surface area contributed by atoms with Crippen molar-refractivity contribution in [3.63, 3.8) is 0 Å². The number of hydrogen-bond acceptors (Lipinski definition) is 3. The Morgan fingerprint density at radius 3 is 2.48 bits per heavy atom. The van der Waals surface area contributed by atoms with Crippen molar-refractivity contribution in [2.24, 2.45) is 0 Å². The number of carbonyl (C=O) groups is 1. The molecule has 0 spiro atoms. The van der Waals surface area contributed by atoms with E-state index in [2.05, 4.69) is 10.6 Å². The molecule has 0 aromatic heterocycles. The van der Waals surface area contributed by atoms with Crippen molar-refractivity contribution < 1.29 is 9.53 Å². The molecule has 1 aromatic rings. The average molecular weight is 290 g/mol. The summed E-state index contributed by atoms with van der Waals surface area (Å²) in [6.07, 6.45) is 6.17. The monoisotopic (exact) mass is 290 g/mol. The van der Waals surface area contributed by atoms with Gasteiger partial charge in [0.05, 0.1) is 12.6 Å². The molecule has 2 rings (SSSR count). The molecule has 1 saturated carbocycles. The smallest absolute Gasteiger partial charge is 0.239 e. The molecule has 1 aliphatic rings. The molecule has 4 heteroatoms. The molecule has 0 heterocycles. The Morgan fingerprint density at radius 2 is 1.86 bits per heavy atom. The van der Waals surface area contributed by atoms with Crippen molar-refractivity contribution in [1.29, 1.82) is 0 Å². The Balaban J connectivity index is 1.73. The van der Waals surface area contributed by atoms with Crippen LogP contribution in [0.5, 0.6) is 5.75 Å². The summed E-state index contributed by atoms with van der Waals surface area (Å²) in [6, 6.07) is 8.08. The molecule has 0 aliphatic heterocycles. The van der Waals surface area contributed by atoms with E-state index in [-0.39, 0.29) is 12.0 Å². The molecule has 116 valence electrons. The summed E-state index contributed by atoms with van der Waals surface area (Å²) in [5, 5.41) is 6.25. The van der Waals surface area contributed by atoms with Crippen LogP contribution in [0.25, 0.3) is 0 Å². The zero-order chi connectivity index (χ0) is 15.1. The van der Waals surface area contributed by atoms with E-state index in [0.29, 0.717) is 12.6 Å². The normalized spacial score (nSPS) is 15.8. The standard InChI is InChI=1S/C17H26N2O2/c1-13(2)21-16-10-8-14(9-11-16)18-12-17(20)19-15-6-4-3-5-7-15/h8-11,13,15,18H,3-7,12H2,1-2H3,(H,19,20). The van der Waals surface area contributed by atoms with Gasteiger partial charge < -0.3 is 15.4 Å². The van der Waals surface area contributed by atoms with Crippen LogP contribution in [0.15, 0.2) is 24.3 Å². The SMILES string of the molecule is CC(C)Oc1ccc(NCC(=O)NC2CCCCC2)cc1. The molecule has 1 fully saturated rings. The lowest BCUT2D eigenvalue weighted by molar-refractivity contribution is -0.120. The highest BCUT2D eigenvalue weighted by molar-refractivity contribution is 5.81. The van der Waals surface area contributed by atoms with Crippen LogP contribution in [0.4, 0.5) is 5.69 Å². The molecule has 0 bridgehead atoms. The maximum Gasteiger partial charge on any atom is 0.239 e. The lowest BCUT2D eigenvalue weighted by atomic mass is 9.95. The van der Waals surface area contributed by atoms with Crippen molar-refractivity contribution in [3.8, 4) is 5.75 Å². The third-order valence-corrected chi connectivity index (χ3v) is 3.65. The van der Waals surface area contributed by atoms with Gasteiger partial charge in [0, 0.05) is 11.7 Å². The summed E-state index contributed by atoms with van der Waals surface area (Å²) >= 11 is 0. The quantitative estimate of drug-likeness (QED) is 0.845. The molecule has 4 nitrogen and oxygen atoms in total. The van der Waals surface area contributed by atoms with Crippen LogP contribution in [0, 0.1) is 0 Å². The van der Waals surface area contributed by atoms with Crippen molar-refractivity contribution in [2.45, 2.75) is 58.1 Å². The highest BCUT2D eigenvalue weighted by Gasteiger charge is 2.15. The Hall–Kier alpha value is -1.71. The van der Waals surface area contributed by atoms with Gasteiger partial charge in [-0.15, -0.1) is 0 Å². The minimum absolute atomic E-state index is 0.0735. The van der Waals surface area contributed by atoms with Crippen LogP contribution in [-0.4, -0.2) is 24.6 Å². The second kappa shape index (κ2) is 7.91. The van der Waals surface area contributed by atoms with Crippen molar-refractivity contribution in [1.82, 2.24) is 5.32 Å². The number of carbonyl (C=O) groups excluding carboxylic acids is 1. The number of anilines is 1. The molecule has 1 amide bonds. The maximum atomic E-state index is 11.9. The van der Waals surface area contributed by atoms with Gasteiger partial charge in [-0.25, -0.2) is 0 Å². The van der Waals surface area contributed by atoms with Crippen molar-refractivity contribution in [2.75, 3.05) is 11.9 Å². The fourth-order valence-corrected chi connectivity index (χ4v) is 2.63. The summed E-state index contributed by atoms with van der Waals surface area (Å²) < 4.78 is 5.59. The second-order valence-corrected chi connectivity index (χ2v) is 5.95. The van der Waals surface area contributed by atoms with Gasteiger partial charge in [-0.1, -0.05) is 19.3 Å². The Bertz CT molecular complexity index is 437. The molecular formula is C17H26N2O2. The molecule has 0 unspecified atom stereocenters. The van der Waals surface area contributed by atoms with Crippen LogP contribution in [0.2, 0.25) is 0 Å². The van der Waals surface area contributed by atoms with Gasteiger partial charge in [0.1, 0.15) is 5.75 Å². The molecule has 2 N–H and O–H groups in total. The molecular weight excluding hydrogens is 264 g/mol. The third kappa shape index (κ3) is 5.66. The number of amides is 1. The summed E-state index contributed by atoms with van der Waals surface area (Å²) in [7, 11) is 0. The maximum absolute atomic E-state index is 11.9. The van der Waals surface area contributed by atoms with Gasteiger partial charge in [0.15, 0.2) is 0 Å². The van der Waals surface area contributed by atoms with Crippen LogP contribution >= 0.6 is 0 Å². The largest absolute Gasteiger partial charge is 0.491 e. The van der Waals surface area contributed by atoms with E-state index in [0.717, 1.165) is 24.3 Å². The lowest BCUT2D eigenvalue weighted by Gasteiger charge is -2.22. The molecule has 21 heavy (non-hydrogen) atoms. The fraction of sp³-hybridized carbons (Fsp3) is 0.588. The zero-order valence-corrected chi connectivity index (χ0v) is 13.0. The first kappa shape index (κ1) is 15.7. The van der Waals surface area contributed by atoms with Gasteiger partial charge in [-0.2, -0.15) is 0 Å². The predicted molar refractivity (Wildman–Crippen MR) is 85.7 cm³/mol. The minimum atomic E-state index is 0.0735. The summed E-state index contributed by atoms with van der Waals surface area (Å²) in [4.78, 5) is 11.9. The summed E-state index contributed by atoms with van der Waals surface area (Å²) in [6.45, 7) is 4.32. The van der Waals surface area contributed by atoms with Crippen LogP contribution in [-0.2, 0) is 4.79 Å². The van der Waals surface area contributed by atoms with E-state index in [4.69, 9.17) is 4.74 Å². The van der Waals surface area contributed by atoms with E-state index in [9.17, 15) is 4.79 Å². The Labute approximate surface area is 127 Å². The van der Waals surface area contributed by atoms with Gasteiger partial charge >= 0.3 is 0 Å². The highest BCUT2D eigenvalue weighted by atomic mass is 16.5. The number of nitrogens with one attached hydrogen (secondary N) is 2. The molecule has 1 aromatic carbocycles. The highest BCUT2D eigenvalue weighted by Crippen LogP contribution is 2.18. The van der Waals surface area contributed by atoms with Crippen LogP contribution in [0.3, 0.4) is 0 Å². The molecule has 0 radical (unpaired) electrons. The van der Waals surface area contributed by atoms with Gasteiger partial charge in [-0.3, -0.25) is 4.79 Å². The molecule has 0 atom stereocenters. The first-order valence-electron chi connectivity index (χ1n) is 7.93. The summed E-state index contributed by atoms with van der Waals surface area (Å²) in [5.41, 5.74) is 0.935. The van der Waals surface area contributed by atoms with Crippen LogP contribution in [0.1, 0.15) is 46.0 Å². The predicted octanol–water partition coefficient (Wildman–Crippen LogP) is 3.33. The average Bonchev–Trinajstić information content (AvgIpc) is 2.47. The molecule has 1 aliphatic carbocycles. The van der Waals surface area contributed by atoms with E-state index in [1.165, 1.54) is 19.3 Å². The van der Waals surface area contributed by atoms with Gasteiger partial charge in [0.25, 0.3) is 0 Å². The number of benzene rings is 1. The van der Waals surface area contributed by atoms with E-state index >= 15 is 0 Å². The van der Waals surface area contributed by atoms with Gasteiger partial charge in [0.2, 0.25) is 5.91 Å². The topological polar surface area (TPSA) is 50.4 Å². The fourth-order valence-electron chi connectivity index (χ4n) is 2.63. The number of hydrogen-bond donors (Lipinski definition) is 2. The number of ether oxygens (including phenoxy) is 1. The van der Waals surface area contributed by atoms with Gasteiger partial charge in [-0.05, 0) is 51.0 Å². The first-order chi connectivity index (χ1) is 10.1. The zero-order valence-electron chi connectivity index (χ0n) is 13.0. The second-order valence-electron chi connectivity index (χ2n) is 5.95. The van der Waals surface area contributed by atoms with E-state index < -0.39 is 0 Å². The molecule has 0 saturated heterocycles. The summed E-state index contributed by atoms with van der Waals surface area (Å²) in [5.74, 6) is 0.923.